The zero-order valence-electron chi connectivity index (χ0n) is 17.1. The largest absolute Gasteiger partial charge is 0.497 e. The number of hydrogen-bond acceptors (Lipinski definition) is 3. The number of carbonyl (C=O) groups is 1. The van der Waals surface area contributed by atoms with Gasteiger partial charge in [-0.15, -0.1) is 0 Å². The SMILES string of the molecule is COc1cc(OC)c2cc(C(=O)N3CCc4[nH]c5ccc(Cl)cc5c4C3)n(C)c2c1. The second kappa shape index (κ2) is 6.99. The highest BCUT2D eigenvalue weighted by molar-refractivity contribution is 6.31. The first kappa shape index (κ1) is 18.9. The van der Waals surface area contributed by atoms with Crippen molar-refractivity contribution in [2.75, 3.05) is 20.8 Å². The van der Waals surface area contributed by atoms with E-state index in [1.54, 1.807) is 14.2 Å². The minimum Gasteiger partial charge on any atom is -0.497 e. The summed E-state index contributed by atoms with van der Waals surface area (Å²) in [6.07, 6.45) is 0.786. The van der Waals surface area contributed by atoms with E-state index in [-0.39, 0.29) is 5.91 Å². The van der Waals surface area contributed by atoms with Crippen LogP contribution in [0.1, 0.15) is 21.7 Å². The van der Waals surface area contributed by atoms with Crippen LogP contribution in [0.15, 0.2) is 36.4 Å². The van der Waals surface area contributed by atoms with E-state index in [1.807, 2.05) is 52.9 Å². The molecular formula is C23H22ClN3O3. The van der Waals surface area contributed by atoms with Gasteiger partial charge in [0.25, 0.3) is 5.91 Å². The monoisotopic (exact) mass is 423 g/mol. The van der Waals surface area contributed by atoms with Crippen LogP contribution in [0.4, 0.5) is 0 Å². The molecule has 2 aromatic carbocycles. The molecule has 6 nitrogen and oxygen atoms in total. The summed E-state index contributed by atoms with van der Waals surface area (Å²) < 4.78 is 12.8. The summed E-state index contributed by atoms with van der Waals surface area (Å²) in [5, 5.41) is 2.67. The molecule has 0 unspecified atom stereocenters. The summed E-state index contributed by atoms with van der Waals surface area (Å²) in [4.78, 5) is 18.8. The normalized spacial score (nSPS) is 13.7. The average Bonchev–Trinajstić information content (AvgIpc) is 3.29. The summed E-state index contributed by atoms with van der Waals surface area (Å²) in [7, 11) is 5.14. The lowest BCUT2D eigenvalue weighted by atomic mass is 10.0. The van der Waals surface area contributed by atoms with E-state index in [0.29, 0.717) is 35.3 Å². The molecule has 0 fully saturated rings. The lowest BCUT2D eigenvalue weighted by Gasteiger charge is -2.27. The molecular weight excluding hydrogens is 402 g/mol. The Morgan fingerprint density at radius 3 is 2.70 bits per heavy atom. The molecule has 0 aliphatic carbocycles. The molecule has 0 saturated heterocycles. The van der Waals surface area contributed by atoms with Crippen molar-refractivity contribution in [1.29, 1.82) is 0 Å². The lowest BCUT2D eigenvalue weighted by molar-refractivity contribution is 0.0726. The number of aromatic amines is 1. The molecule has 154 valence electrons. The van der Waals surface area contributed by atoms with Crippen molar-refractivity contribution >= 4 is 39.3 Å². The second-order valence-electron chi connectivity index (χ2n) is 7.60. The first-order valence-electron chi connectivity index (χ1n) is 9.80. The number of hydrogen-bond donors (Lipinski definition) is 1. The third kappa shape index (κ3) is 2.82. The Kier molecular flexibility index (Phi) is 4.40. The Bertz CT molecular complexity index is 1300. The first-order valence-corrected chi connectivity index (χ1v) is 10.2. The minimum absolute atomic E-state index is 0.00301. The number of halogens is 1. The molecule has 30 heavy (non-hydrogen) atoms. The van der Waals surface area contributed by atoms with Gasteiger partial charge in [-0.3, -0.25) is 4.79 Å². The Hall–Kier alpha value is -3.12. The zero-order valence-corrected chi connectivity index (χ0v) is 17.8. The van der Waals surface area contributed by atoms with Gasteiger partial charge in [0, 0.05) is 71.3 Å². The number of amides is 1. The number of H-pyrrole nitrogens is 1. The highest BCUT2D eigenvalue weighted by Gasteiger charge is 2.27. The number of rotatable bonds is 3. The van der Waals surface area contributed by atoms with Crippen molar-refractivity contribution in [3.63, 3.8) is 0 Å². The molecule has 1 N–H and O–H groups in total. The average molecular weight is 424 g/mol. The van der Waals surface area contributed by atoms with Gasteiger partial charge in [0.15, 0.2) is 0 Å². The van der Waals surface area contributed by atoms with Gasteiger partial charge in [0.1, 0.15) is 17.2 Å². The van der Waals surface area contributed by atoms with Crippen molar-refractivity contribution in [3.8, 4) is 11.5 Å². The van der Waals surface area contributed by atoms with Crippen LogP contribution in [0.5, 0.6) is 11.5 Å². The molecule has 7 heteroatoms. The molecule has 5 rings (SSSR count). The number of ether oxygens (including phenoxy) is 2. The van der Waals surface area contributed by atoms with Crippen molar-refractivity contribution in [1.82, 2.24) is 14.5 Å². The molecule has 0 bridgehead atoms. The summed E-state index contributed by atoms with van der Waals surface area (Å²) in [5.41, 5.74) is 4.90. The number of methoxy groups -OCH3 is 2. The number of aromatic nitrogens is 2. The van der Waals surface area contributed by atoms with Gasteiger partial charge in [-0.1, -0.05) is 11.6 Å². The fraction of sp³-hybridized carbons (Fsp3) is 0.261. The molecule has 0 radical (unpaired) electrons. The fourth-order valence-corrected chi connectivity index (χ4v) is 4.56. The van der Waals surface area contributed by atoms with Crippen LogP contribution in [0.25, 0.3) is 21.8 Å². The molecule has 1 aliphatic heterocycles. The van der Waals surface area contributed by atoms with Gasteiger partial charge >= 0.3 is 0 Å². The van der Waals surface area contributed by atoms with E-state index in [1.165, 1.54) is 5.69 Å². The van der Waals surface area contributed by atoms with Crippen LogP contribution in [-0.2, 0) is 20.0 Å². The number of nitrogens with one attached hydrogen (secondary N) is 1. The van der Waals surface area contributed by atoms with Crippen molar-refractivity contribution < 1.29 is 14.3 Å². The Labute approximate surface area is 178 Å². The number of benzene rings is 2. The van der Waals surface area contributed by atoms with Gasteiger partial charge in [-0.05, 0) is 24.3 Å². The smallest absolute Gasteiger partial charge is 0.270 e. The Balaban J connectivity index is 1.54. The van der Waals surface area contributed by atoms with E-state index >= 15 is 0 Å². The standard InChI is InChI=1S/C23H22ClN3O3/c1-26-20-9-14(29-2)10-22(30-3)16(20)11-21(26)23(28)27-7-6-19-17(12-27)15-8-13(24)4-5-18(15)25-19/h4-5,8-11,25H,6-7,12H2,1-3H3. The van der Waals surface area contributed by atoms with E-state index in [4.69, 9.17) is 21.1 Å². The third-order valence-corrected chi connectivity index (χ3v) is 6.23. The van der Waals surface area contributed by atoms with E-state index in [9.17, 15) is 4.79 Å². The molecule has 1 amide bonds. The van der Waals surface area contributed by atoms with Crippen molar-refractivity contribution in [2.45, 2.75) is 13.0 Å². The predicted octanol–water partition coefficient (Wildman–Crippen LogP) is 4.53. The van der Waals surface area contributed by atoms with Crippen LogP contribution >= 0.6 is 11.6 Å². The second-order valence-corrected chi connectivity index (χ2v) is 8.04. The van der Waals surface area contributed by atoms with Crippen LogP contribution in [0, 0.1) is 0 Å². The van der Waals surface area contributed by atoms with Crippen LogP contribution in [-0.4, -0.2) is 41.1 Å². The third-order valence-electron chi connectivity index (χ3n) is 6.00. The maximum Gasteiger partial charge on any atom is 0.270 e. The topological polar surface area (TPSA) is 59.5 Å². The van der Waals surface area contributed by atoms with E-state index < -0.39 is 0 Å². The molecule has 0 saturated carbocycles. The molecule has 1 aliphatic rings. The van der Waals surface area contributed by atoms with Gasteiger partial charge in [0.2, 0.25) is 0 Å². The molecule has 4 aromatic rings. The number of fused-ring (bicyclic) bond motifs is 4. The predicted molar refractivity (Wildman–Crippen MR) is 118 cm³/mol. The van der Waals surface area contributed by atoms with Crippen molar-refractivity contribution in [2.24, 2.45) is 7.05 Å². The lowest BCUT2D eigenvalue weighted by Crippen LogP contribution is -2.36. The van der Waals surface area contributed by atoms with Crippen LogP contribution < -0.4 is 9.47 Å². The summed E-state index contributed by atoms with van der Waals surface area (Å²) in [5.74, 6) is 1.38. The van der Waals surface area contributed by atoms with Crippen molar-refractivity contribution in [3.05, 3.63) is 58.4 Å². The zero-order chi connectivity index (χ0) is 21.0. The first-order chi connectivity index (χ1) is 14.5. The highest BCUT2D eigenvalue weighted by atomic mass is 35.5. The summed E-state index contributed by atoms with van der Waals surface area (Å²) in [6.45, 7) is 1.21. The summed E-state index contributed by atoms with van der Waals surface area (Å²) >= 11 is 6.21. The van der Waals surface area contributed by atoms with Crippen LogP contribution in [0.3, 0.4) is 0 Å². The fourth-order valence-electron chi connectivity index (χ4n) is 4.39. The molecule has 0 atom stereocenters. The highest BCUT2D eigenvalue weighted by Crippen LogP contribution is 2.35. The minimum atomic E-state index is -0.00301. The molecule has 0 spiro atoms. The van der Waals surface area contributed by atoms with E-state index in [2.05, 4.69) is 4.98 Å². The molecule has 3 heterocycles. The number of aryl methyl sites for hydroxylation is 1. The quantitative estimate of drug-likeness (QED) is 0.526. The number of carbonyl (C=O) groups excluding carboxylic acids is 1. The maximum atomic E-state index is 13.5. The van der Waals surface area contributed by atoms with Gasteiger partial charge < -0.3 is 23.9 Å². The van der Waals surface area contributed by atoms with Gasteiger partial charge in [0.05, 0.1) is 19.7 Å². The van der Waals surface area contributed by atoms with Gasteiger partial charge in [-0.25, -0.2) is 0 Å². The molecule has 2 aromatic heterocycles. The number of nitrogens with zero attached hydrogens (tertiary/aromatic N) is 2. The van der Waals surface area contributed by atoms with Crippen LogP contribution in [0.2, 0.25) is 5.02 Å². The Morgan fingerprint density at radius 2 is 1.93 bits per heavy atom. The summed E-state index contributed by atoms with van der Waals surface area (Å²) in [6, 6.07) is 11.5. The maximum absolute atomic E-state index is 13.5. The van der Waals surface area contributed by atoms with E-state index in [0.717, 1.165) is 33.8 Å². The van der Waals surface area contributed by atoms with Gasteiger partial charge in [-0.2, -0.15) is 0 Å². The Morgan fingerprint density at radius 1 is 1.10 bits per heavy atom.